The highest BCUT2D eigenvalue weighted by molar-refractivity contribution is 7.99. The minimum Gasteiger partial charge on any atom is -0.313 e. The molecule has 3 rings (SSSR count). The number of nitrogens with zero attached hydrogens (tertiary/aromatic N) is 6. The van der Waals surface area contributed by atoms with Gasteiger partial charge in [-0.25, -0.2) is 9.78 Å². The van der Waals surface area contributed by atoms with Crippen molar-refractivity contribution in [2.45, 2.75) is 38.4 Å². The summed E-state index contributed by atoms with van der Waals surface area (Å²) in [5.74, 6) is 0.0953. The quantitative estimate of drug-likeness (QED) is 0.591. The number of hydrogen-bond acceptors (Lipinski definition) is 8. The van der Waals surface area contributed by atoms with Crippen LogP contribution in [0, 0.1) is 0 Å². The van der Waals surface area contributed by atoms with Crippen molar-refractivity contribution in [3.05, 3.63) is 25.8 Å². The van der Waals surface area contributed by atoms with Gasteiger partial charge >= 0.3 is 5.69 Å². The Balaban J connectivity index is 1.83. The fraction of sp³-hybridized carbons (Fsp3) is 0.500. The third kappa shape index (κ3) is 3.61. The van der Waals surface area contributed by atoms with Gasteiger partial charge in [0.1, 0.15) is 5.01 Å². The lowest BCUT2D eigenvalue weighted by Crippen LogP contribution is -2.37. The molecule has 1 amide bonds. The highest BCUT2D eigenvalue weighted by atomic mass is 32.2. The van der Waals surface area contributed by atoms with Crippen LogP contribution in [0.1, 0.15) is 31.7 Å². The zero-order chi connectivity index (χ0) is 20.6. The highest BCUT2D eigenvalue weighted by Gasteiger charge is 2.19. The predicted molar refractivity (Wildman–Crippen MR) is 109 cm³/mol. The zero-order valence-electron chi connectivity index (χ0n) is 16.2. The molecule has 1 N–H and O–H groups in total. The largest absolute Gasteiger partial charge is 0.332 e. The molecular weight excluding hydrogens is 402 g/mol. The summed E-state index contributed by atoms with van der Waals surface area (Å²) in [5, 5.41) is 12.5. The molecular formula is C16H21N7O3S2. The Kier molecular flexibility index (Phi) is 5.70. The van der Waals surface area contributed by atoms with Crippen LogP contribution in [-0.4, -0.2) is 40.5 Å². The summed E-state index contributed by atoms with van der Waals surface area (Å²) in [6.07, 6.45) is 0. The number of imidazole rings is 1. The number of nitrogens with one attached hydrogen (secondary N) is 1. The van der Waals surface area contributed by atoms with Crippen LogP contribution >= 0.6 is 23.1 Å². The number of thioether (sulfide) groups is 1. The van der Waals surface area contributed by atoms with Crippen LogP contribution in [0.4, 0.5) is 5.13 Å². The second kappa shape index (κ2) is 7.87. The smallest absolute Gasteiger partial charge is 0.313 e. The summed E-state index contributed by atoms with van der Waals surface area (Å²) < 4.78 is 4.11. The van der Waals surface area contributed by atoms with Gasteiger partial charge in [0, 0.05) is 26.6 Å². The molecule has 3 aromatic rings. The maximum atomic E-state index is 12.5. The van der Waals surface area contributed by atoms with Gasteiger partial charge in [0.05, 0.1) is 5.75 Å². The number of amides is 1. The molecule has 0 saturated carbocycles. The van der Waals surface area contributed by atoms with E-state index < -0.39 is 11.2 Å². The first-order valence-corrected chi connectivity index (χ1v) is 10.5. The third-order valence-electron chi connectivity index (χ3n) is 4.14. The molecule has 0 spiro atoms. The maximum Gasteiger partial charge on any atom is 0.332 e. The van der Waals surface area contributed by atoms with Crippen LogP contribution in [0.15, 0.2) is 14.7 Å². The molecule has 0 saturated heterocycles. The van der Waals surface area contributed by atoms with Gasteiger partial charge < -0.3 is 4.57 Å². The minimum absolute atomic E-state index is 0.0914. The van der Waals surface area contributed by atoms with Gasteiger partial charge in [0.2, 0.25) is 11.0 Å². The van der Waals surface area contributed by atoms with E-state index in [1.165, 1.54) is 34.7 Å². The Hall–Kier alpha value is -2.47. The molecule has 0 aliphatic rings. The average molecular weight is 424 g/mol. The first-order valence-electron chi connectivity index (χ1n) is 8.66. The molecule has 3 heterocycles. The van der Waals surface area contributed by atoms with E-state index in [1.807, 2.05) is 20.8 Å². The van der Waals surface area contributed by atoms with Crippen molar-refractivity contribution in [3.8, 4) is 0 Å². The van der Waals surface area contributed by atoms with Crippen LogP contribution in [0.5, 0.6) is 0 Å². The Morgan fingerprint density at radius 2 is 1.93 bits per heavy atom. The monoisotopic (exact) mass is 423 g/mol. The Labute approximate surface area is 168 Å². The second-order valence-electron chi connectivity index (χ2n) is 6.45. The van der Waals surface area contributed by atoms with Crippen LogP contribution < -0.4 is 16.6 Å². The van der Waals surface area contributed by atoms with Gasteiger partial charge in [-0.3, -0.25) is 24.0 Å². The number of carbonyl (C=O) groups excluding carboxylic acids is 1. The molecule has 0 atom stereocenters. The van der Waals surface area contributed by atoms with Gasteiger partial charge in [0.25, 0.3) is 5.56 Å². The maximum absolute atomic E-state index is 12.5. The second-order valence-corrected chi connectivity index (χ2v) is 8.41. The number of carbonyl (C=O) groups is 1. The van der Waals surface area contributed by atoms with Gasteiger partial charge in [0.15, 0.2) is 16.3 Å². The number of rotatable bonds is 6. The van der Waals surface area contributed by atoms with E-state index in [0.717, 1.165) is 9.57 Å². The summed E-state index contributed by atoms with van der Waals surface area (Å²) in [6.45, 7) is 6.39. The van der Waals surface area contributed by atoms with Crippen LogP contribution in [-0.2, 0) is 25.4 Å². The van der Waals surface area contributed by atoms with Gasteiger partial charge in [-0.15, -0.1) is 10.2 Å². The van der Waals surface area contributed by atoms with Gasteiger partial charge in [-0.05, 0) is 6.92 Å². The molecule has 0 radical (unpaired) electrons. The van der Waals surface area contributed by atoms with Crippen LogP contribution in [0.2, 0.25) is 0 Å². The third-order valence-corrected chi connectivity index (χ3v) is 6.26. The average Bonchev–Trinajstić information content (AvgIpc) is 3.27. The van der Waals surface area contributed by atoms with Crippen molar-refractivity contribution < 1.29 is 4.79 Å². The fourth-order valence-corrected chi connectivity index (χ4v) is 4.26. The molecule has 0 aliphatic carbocycles. The standard InChI is InChI=1S/C16H21N7O3S2/c1-6-23-10-11(21(4)16(26)22(5)13(10)25)18-15(23)27-7-9(24)17-14-20-19-12(28-14)8(2)3/h8H,6-7H2,1-5H3,(H,17,20,24). The summed E-state index contributed by atoms with van der Waals surface area (Å²) in [6, 6.07) is 0. The summed E-state index contributed by atoms with van der Waals surface area (Å²) >= 11 is 2.54. The van der Waals surface area contributed by atoms with Crippen LogP contribution in [0.25, 0.3) is 11.2 Å². The molecule has 3 aromatic heterocycles. The minimum atomic E-state index is -0.440. The van der Waals surface area contributed by atoms with Crippen molar-refractivity contribution >= 4 is 45.3 Å². The van der Waals surface area contributed by atoms with E-state index in [9.17, 15) is 14.4 Å². The number of anilines is 1. The van der Waals surface area contributed by atoms with Crippen LogP contribution in [0.3, 0.4) is 0 Å². The molecule has 10 nitrogen and oxygen atoms in total. The van der Waals surface area contributed by atoms with Crippen molar-refractivity contribution in [3.63, 3.8) is 0 Å². The predicted octanol–water partition coefficient (Wildman–Crippen LogP) is 1.16. The molecule has 0 unspecified atom stereocenters. The first-order chi connectivity index (χ1) is 13.2. The number of fused-ring (bicyclic) bond motifs is 1. The lowest BCUT2D eigenvalue weighted by molar-refractivity contribution is -0.113. The molecule has 150 valence electrons. The fourth-order valence-electron chi connectivity index (χ4n) is 2.63. The Bertz CT molecular complexity index is 1160. The van der Waals surface area contributed by atoms with Crippen molar-refractivity contribution in [1.29, 1.82) is 0 Å². The van der Waals surface area contributed by atoms with E-state index in [1.54, 1.807) is 11.6 Å². The summed E-state index contributed by atoms with van der Waals surface area (Å²) in [4.78, 5) is 41.3. The van der Waals surface area contributed by atoms with E-state index >= 15 is 0 Å². The summed E-state index contributed by atoms with van der Waals surface area (Å²) in [7, 11) is 3.00. The lowest BCUT2D eigenvalue weighted by atomic mass is 10.2. The summed E-state index contributed by atoms with van der Waals surface area (Å²) in [5.41, 5.74) is -0.187. The van der Waals surface area contributed by atoms with E-state index in [-0.39, 0.29) is 17.6 Å². The zero-order valence-corrected chi connectivity index (χ0v) is 17.8. The van der Waals surface area contributed by atoms with Gasteiger partial charge in [-0.2, -0.15) is 0 Å². The lowest BCUT2D eigenvalue weighted by Gasteiger charge is -2.06. The van der Waals surface area contributed by atoms with E-state index in [0.29, 0.717) is 28.0 Å². The number of hydrogen-bond donors (Lipinski definition) is 1. The van der Waals surface area contributed by atoms with E-state index in [2.05, 4.69) is 20.5 Å². The van der Waals surface area contributed by atoms with Gasteiger partial charge in [-0.1, -0.05) is 36.9 Å². The highest BCUT2D eigenvalue weighted by Crippen LogP contribution is 2.24. The first kappa shape index (κ1) is 20.3. The molecule has 28 heavy (non-hydrogen) atoms. The Morgan fingerprint density at radius 3 is 2.54 bits per heavy atom. The van der Waals surface area contributed by atoms with Crippen molar-refractivity contribution in [2.75, 3.05) is 11.1 Å². The molecule has 12 heteroatoms. The van der Waals surface area contributed by atoms with E-state index in [4.69, 9.17) is 0 Å². The normalized spacial score (nSPS) is 11.5. The molecule has 0 aromatic carbocycles. The van der Waals surface area contributed by atoms with Crippen molar-refractivity contribution in [1.82, 2.24) is 28.9 Å². The molecule has 0 aliphatic heterocycles. The number of aryl methyl sites for hydroxylation is 2. The molecule has 0 bridgehead atoms. The molecule has 0 fully saturated rings. The van der Waals surface area contributed by atoms with Crippen molar-refractivity contribution in [2.24, 2.45) is 14.1 Å². The Morgan fingerprint density at radius 1 is 1.21 bits per heavy atom. The number of aromatic nitrogens is 6. The SMILES string of the molecule is CCn1c(SCC(=O)Nc2nnc(C(C)C)s2)nc2c1c(=O)n(C)c(=O)n2C. The topological polar surface area (TPSA) is 117 Å².